The van der Waals surface area contributed by atoms with Gasteiger partial charge in [0.1, 0.15) is 5.82 Å². The molecule has 2 aromatic carbocycles. The molecule has 0 radical (unpaired) electrons. The maximum atomic E-state index is 13.3. The van der Waals surface area contributed by atoms with E-state index in [0.29, 0.717) is 23.6 Å². The second kappa shape index (κ2) is 10.7. The number of aryl methyl sites for hydroxylation is 1. The van der Waals surface area contributed by atoms with E-state index in [2.05, 4.69) is 63.0 Å². The standard InChI is InChI=1S/C28H27N7OS/c1-3-18-8-4-6-10-23(18)37-24-11-7-5-9-20(24)16-32-27(36)22-14-21(17-31-26(22)30-2)19-12-13-35-25(15-19)33-28(29)34-35/h4-15,17H,3,16H2,1-2H3,(H2,29,34)(H,30,31)(H,32,36). The number of pyridine rings is 2. The summed E-state index contributed by atoms with van der Waals surface area (Å²) in [7, 11) is 1.75. The van der Waals surface area contributed by atoms with Gasteiger partial charge in [0.15, 0.2) is 5.65 Å². The van der Waals surface area contributed by atoms with Crippen LogP contribution in [0.4, 0.5) is 11.8 Å². The van der Waals surface area contributed by atoms with Crippen LogP contribution < -0.4 is 16.4 Å². The fourth-order valence-corrected chi connectivity index (χ4v) is 5.25. The Morgan fingerprint density at radius 1 is 1.00 bits per heavy atom. The molecule has 0 unspecified atom stereocenters. The SMILES string of the molecule is CCc1ccccc1Sc1ccccc1CNC(=O)c1cc(-c2ccn3nc(N)nc3c2)cnc1NC. The Kier molecular flexibility index (Phi) is 7.04. The number of aromatic nitrogens is 4. The molecule has 5 aromatic rings. The number of anilines is 2. The minimum atomic E-state index is -0.208. The van der Waals surface area contributed by atoms with E-state index in [4.69, 9.17) is 5.73 Å². The highest BCUT2D eigenvalue weighted by Crippen LogP contribution is 2.33. The Morgan fingerprint density at radius 2 is 1.73 bits per heavy atom. The van der Waals surface area contributed by atoms with Crippen molar-refractivity contribution < 1.29 is 4.79 Å². The van der Waals surface area contributed by atoms with E-state index in [1.54, 1.807) is 35.7 Å². The predicted molar refractivity (Wildman–Crippen MR) is 148 cm³/mol. The maximum Gasteiger partial charge on any atom is 0.255 e. The molecule has 0 bridgehead atoms. The summed E-state index contributed by atoms with van der Waals surface area (Å²) in [6.45, 7) is 2.56. The van der Waals surface area contributed by atoms with Crippen molar-refractivity contribution in [3.8, 4) is 11.1 Å². The first-order chi connectivity index (χ1) is 18.1. The molecule has 3 aromatic heterocycles. The van der Waals surface area contributed by atoms with E-state index < -0.39 is 0 Å². The third-order valence-corrected chi connectivity index (χ3v) is 7.28. The summed E-state index contributed by atoms with van der Waals surface area (Å²) in [4.78, 5) is 24.4. The molecule has 3 heterocycles. The fourth-order valence-electron chi connectivity index (χ4n) is 4.11. The molecule has 5 rings (SSSR count). The quantitative estimate of drug-likeness (QED) is 0.268. The highest BCUT2D eigenvalue weighted by Gasteiger charge is 2.16. The molecular weight excluding hydrogens is 482 g/mol. The van der Waals surface area contributed by atoms with Gasteiger partial charge in [-0.1, -0.05) is 55.1 Å². The van der Waals surface area contributed by atoms with Crippen molar-refractivity contribution in [2.75, 3.05) is 18.1 Å². The molecule has 0 aliphatic heterocycles. The predicted octanol–water partition coefficient (Wildman–Crippen LogP) is 5.06. The number of nitrogens with one attached hydrogen (secondary N) is 2. The number of nitrogen functional groups attached to an aromatic ring is 1. The normalized spacial score (nSPS) is 11.0. The number of hydrogen-bond donors (Lipinski definition) is 3. The average Bonchev–Trinajstić information content (AvgIpc) is 3.31. The Balaban J connectivity index is 1.37. The van der Waals surface area contributed by atoms with Crippen LogP contribution >= 0.6 is 11.8 Å². The topological polar surface area (TPSA) is 110 Å². The summed E-state index contributed by atoms with van der Waals surface area (Å²) in [5.74, 6) is 0.506. The van der Waals surface area contributed by atoms with E-state index in [-0.39, 0.29) is 11.9 Å². The van der Waals surface area contributed by atoms with Crippen molar-refractivity contribution in [2.24, 2.45) is 0 Å². The molecule has 8 nitrogen and oxygen atoms in total. The number of nitrogens with two attached hydrogens (primary N) is 1. The number of amides is 1. The van der Waals surface area contributed by atoms with Gasteiger partial charge in [-0.05, 0) is 53.4 Å². The second-order valence-electron chi connectivity index (χ2n) is 8.41. The largest absolute Gasteiger partial charge is 0.372 e. The summed E-state index contributed by atoms with van der Waals surface area (Å²) in [6, 6.07) is 22.2. The van der Waals surface area contributed by atoms with E-state index >= 15 is 0 Å². The lowest BCUT2D eigenvalue weighted by Crippen LogP contribution is -2.24. The minimum absolute atomic E-state index is 0.206. The van der Waals surface area contributed by atoms with Crippen LogP contribution in [-0.2, 0) is 13.0 Å². The number of nitrogens with zero attached hydrogens (tertiary/aromatic N) is 4. The highest BCUT2D eigenvalue weighted by molar-refractivity contribution is 7.99. The van der Waals surface area contributed by atoms with Crippen molar-refractivity contribution in [3.63, 3.8) is 0 Å². The summed E-state index contributed by atoms with van der Waals surface area (Å²) in [6.07, 6.45) is 4.48. The van der Waals surface area contributed by atoms with Crippen molar-refractivity contribution in [3.05, 3.63) is 95.8 Å². The first-order valence-corrected chi connectivity index (χ1v) is 12.8. The lowest BCUT2D eigenvalue weighted by Gasteiger charge is -2.14. The molecule has 4 N–H and O–H groups in total. The van der Waals surface area contributed by atoms with Gasteiger partial charge in [-0.15, -0.1) is 5.10 Å². The van der Waals surface area contributed by atoms with Gasteiger partial charge >= 0.3 is 0 Å². The zero-order valence-corrected chi connectivity index (χ0v) is 21.4. The van der Waals surface area contributed by atoms with Gasteiger partial charge in [0.25, 0.3) is 5.91 Å². The van der Waals surface area contributed by atoms with Crippen LogP contribution in [0.25, 0.3) is 16.8 Å². The van der Waals surface area contributed by atoms with Gasteiger partial charge in [-0.3, -0.25) is 4.79 Å². The van der Waals surface area contributed by atoms with Crippen LogP contribution in [0.3, 0.4) is 0 Å². The van der Waals surface area contributed by atoms with Crippen molar-refractivity contribution >= 4 is 35.1 Å². The molecule has 186 valence electrons. The summed E-state index contributed by atoms with van der Waals surface area (Å²) >= 11 is 1.72. The molecule has 1 amide bonds. The van der Waals surface area contributed by atoms with E-state index in [1.807, 2.05) is 36.4 Å². The number of fused-ring (bicyclic) bond motifs is 1. The minimum Gasteiger partial charge on any atom is -0.372 e. The molecule has 0 spiro atoms. The fraction of sp³-hybridized carbons (Fsp3) is 0.143. The third kappa shape index (κ3) is 5.26. The number of benzene rings is 2. The van der Waals surface area contributed by atoms with Gasteiger partial charge < -0.3 is 16.4 Å². The number of hydrogen-bond acceptors (Lipinski definition) is 7. The highest BCUT2D eigenvalue weighted by atomic mass is 32.2. The molecule has 0 aliphatic carbocycles. The number of rotatable bonds is 8. The van der Waals surface area contributed by atoms with Gasteiger partial charge in [-0.2, -0.15) is 4.98 Å². The van der Waals surface area contributed by atoms with Gasteiger partial charge in [0.2, 0.25) is 5.95 Å². The smallest absolute Gasteiger partial charge is 0.255 e. The molecule has 37 heavy (non-hydrogen) atoms. The maximum absolute atomic E-state index is 13.3. The zero-order valence-electron chi connectivity index (χ0n) is 20.6. The molecular formula is C28H27N7OS. The van der Waals surface area contributed by atoms with Crippen LogP contribution in [0, 0.1) is 0 Å². The van der Waals surface area contributed by atoms with Crippen molar-refractivity contribution in [2.45, 2.75) is 29.7 Å². The summed E-state index contributed by atoms with van der Waals surface area (Å²) < 4.78 is 1.61. The number of carbonyl (C=O) groups excluding carboxylic acids is 1. The van der Waals surface area contributed by atoms with E-state index in [0.717, 1.165) is 28.0 Å². The van der Waals surface area contributed by atoms with Crippen LogP contribution in [0.1, 0.15) is 28.4 Å². The monoisotopic (exact) mass is 509 g/mol. The van der Waals surface area contributed by atoms with Crippen LogP contribution in [0.15, 0.2) is 88.9 Å². The first-order valence-electron chi connectivity index (χ1n) is 12.0. The molecule has 0 fully saturated rings. The average molecular weight is 510 g/mol. The lowest BCUT2D eigenvalue weighted by molar-refractivity contribution is 0.0951. The van der Waals surface area contributed by atoms with Crippen LogP contribution in [-0.4, -0.2) is 32.5 Å². The van der Waals surface area contributed by atoms with Crippen molar-refractivity contribution in [1.29, 1.82) is 0 Å². The molecule has 0 atom stereocenters. The Labute approximate surface area is 219 Å². The number of carbonyl (C=O) groups is 1. The molecule has 9 heteroatoms. The van der Waals surface area contributed by atoms with Gasteiger partial charge in [0.05, 0.1) is 5.56 Å². The third-order valence-electron chi connectivity index (χ3n) is 6.04. The van der Waals surface area contributed by atoms with Crippen LogP contribution in [0.5, 0.6) is 0 Å². The Hall–Kier alpha value is -4.37. The molecule has 0 aliphatic rings. The van der Waals surface area contributed by atoms with Crippen molar-refractivity contribution in [1.82, 2.24) is 24.9 Å². The van der Waals surface area contributed by atoms with Gasteiger partial charge in [0, 0.05) is 41.3 Å². The zero-order chi connectivity index (χ0) is 25.8. The summed E-state index contributed by atoms with van der Waals surface area (Å²) in [5.41, 5.74) is 10.8. The first kappa shape index (κ1) is 24.3. The Bertz CT molecular complexity index is 1580. The van der Waals surface area contributed by atoms with E-state index in [1.165, 1.54) is 10.5 Å². The summed E-state index contributed by atoms with van der Waals surface area (Å²) in [5, 5.41) is 10.2. The second-order valence-corrected chi connectivity index (χ2v) is 9.50. The lowest BCUT2D eigenvalue weighted by atomic mass is 10.1. The van der Waals surface area contributed by atoms with Crippen LogP contribution in [0.2, 0.25) is 0 Å². The molecule has 0 saturated carbocycles. The van der Waals surface area contributed by atoms with Gasteiger partial charge in [-0.25, -0.2) is 9.50 Å². The Morgan fingerprint density at radius 3 is 2.49 bits per heavy atom. The molecule has 0 saturated heterocycles. The van der Waals surface area contributed by atoms with E-state index in [9.17, 15) is 4.79 Å².